The predicted octanol–water partition coefficient (Wildman–Crippen LogP) is 1.54. The second kappa shape index (κ2) is 7.48. The van der Waals surface area contributed by atoms with E-state index < -0.39 is 0 Å². The third-order valence-corrected chi connectivity index (χ3v) is 6.12. The van der Waals surface area contributed by atoms with Crippen molar-refractivity contribution in [3.05, 3.63) is 17.6 Å². The van der Waals surface area contributed by atoms with Gasteiger partial charge in [-0.25, -0.2) is 9.97 Å². The van der Waals surface area contributed by atoms with Crippen LogP contribution in [0.1, 0.15) is 55.7 Å². The van der Waals surface area contributed by atoms with E-state index in [0.717, 1.165) is 49.8 Å². The van der Waals surface area contributed by atoms with Crippen molar-refractivity contribution in [1.29, 1.82) is 0 Å². The number of fused-ring (bicyclic) bond motifs is 5. The van der Waals surface area contributed by atoms with E-state index in [-0.39, 0.29) is 30.7 Å². The molecule has 5 rings (SSSR count). The van der Waals surface area contributed by atoms with Crippen LogP contribution in [0.4, 0.5) is 0 Å². The first-order valence-electron chi connectivity index (χ1n) is 9.74. The fraction of sp³-hybridized carbons (Fsp3) is 0.737. The third kappa shape index (κ3) is 3.42. The number of carbonyl (C=O) groups is 1. The summed E-state index contributed by atoms with van der Waals surface area (Å²) in [5.41, 5.74) is 8.32. The van der Waals surface area contributed by atoms with Crippen molar-refractivity contribution in [1.82, 2.24) is 14.9 Å². The van der Waals surface area contributed by atoms with Gasteiger partial charge in [0.2, 0.25) is 5.88 Å². The lowest BCUT2D eigenvalue weighted by atomic mass is 9.82. The molecule has 1 aromatic heterocycles. The summed E-state index contributed by atoms with van der Waals surface area (Å²) in [6.07, 6.45) is 7.70. The minimum Gasteiger partial charge on any atom is -0.467 e. The van der Waals surface area contributed by atoms with Gasteiger partial charge in [0.15, 0.2) is 6.61 Å². The molecule has 2 fully saturated rings. The van der Waals surface area contributed by atoms with E-state index in [9.17, 15) is 4.79 Å². The van der Waals surface area contributed by atoms with Crippen LogP contribution >= 0.6 is 0 Å². The zero-order chi connectivity index (χ0) is 18.1. The summed E-state index contributed by atoms with van der Waals surface area (Å²) >= 11 is 0. The van der Waals surface area contributed by atoms with Crippen LogP contribution in [0.25, 0.3) is 0 Å². The molecule has 0 aromatic carbocycles. The largest absolute Gasteiger partial charge is 0.467 e. The average molecular weight is 360 g/mol. The molecule has 0 radical (unpaired) electrons. The fourth-order valence-electron chi connectivity index (χ4n) is 4.62. The zero-order valence-corrected chi connectivity index (χ0v) is 15.4. The lowest BCUT2D eigenvalue weighted by molar-refractivity contribution is -0.140. The Morgan fingerprint density at radius 1 is 1.19 bits per heavy atom. The molecule has 1 aromatic rings. The highest BCUT2D eigenvalue weighted by Crippen LogP contribution is 2.39. The van der Waals surface area contributed by atoms with Crippen LogP contribution in [0.15, 0.2) is 6.33 Å². The summed E-state index contributed by atoms with van der Waals surface area (Å²) in [6.45, 7) is 3.22. The number of nitrogens with zero attached hydrogens (tertiary/aromatic N) is 3. The van der Waals surface area contributed by atoms with Crippen LogP contribution < -0.4 is 10.5 Å². The SMILES string of the molecule is Cc1ncnc2c1C1CCC(CC1)OC[C@H]1[C@@H](N)CCCN1C(=O)CO2. The maximum absolute atomic E-state index is 12.8. The van der Waals surface area contributed by atoms with E-state index in [2.05, 4.69) is 9.97 Å². The molecule has 0 spiro atoms. The molecular weight excluding hydrogens is 332 g/mol. The molecule has 1 aliphatic carbocycles. The maximum atomic E-state index is 12.8. The lowest BCUT2D eigenvalue weighted by Crippen LogP contribution is -2.57. The minimum absolute atomic E-state index is 0.0111. The van der Waals surface area contributed by atoms with E-state index in [4.69, 9.17) is 15.2 Å². The number of aromatic nitrogens is 2. The van der Waals surface area contributed by atoms with Gasteiger partial charge in [-0.1, -0.05) is 0 Å². The first-order chi connectivity index (χ1) is 12.6. The van der Waals surface area contributed by atoms with Crippen molar-refractivity contribution >= 4 is 5.91 Å². The van der Waals surface area contributed by atoms with E-state index >= 15 is 0 Å². The quantitative estimate of drug-likeness (QED) is 0.755. The smallest absolute Gasteiger partial charge is 0.260 e. The minimum atomic E-state index is -0.0649. The molecule has 142 valence electrons. The molecule has 7 heteroatoms. The van der Waals surface area contributed by atoms with Gasteiger partial charge in [0.25, 0.3) is 5.91 Å². The Morgan fingerprint density at radius 2 is 2.00 bits per heavy atom. The van der Waals surface area contributed by atoms with E-state index in [1.54, 1.807) is 0 Å². The monoisotopic (exact) mass is 360 g/mol. The zero-order valence-electron chi connectivity index (χ0n) is 15.4. The number of ether oxygens (including phenoxy) is 2. The molecule has 3 aliphatic heterocycles. The Hall–Kier alpha value is -1.73. The molecule has 1 saturated heterocycles. The number of aryl methyl sites for hydroxylation is 1. The van der Waals surface area contributed by atoms with Gasteiger partial charge in [0, 0.05) is 23.8 Å². The first-order valence-corrected chi connectivity index (χ1v) is 9.74. The second-order valence-corrected chi connectivity index (χ2v) is 7.73. The highest BCUT2D eigenvalue weighted by atomic mass is 16.5. The van der Waals surface area contributed by atoms with Crippen molar-refractivity contribution in [3.8, 4) is 5.88 Å². The van der Waals surface area contributed by atoms with Crippen LogP contribution in [0.3, 0.4) is 0 Å². The molecule has 26 heavy (non-hydrogen) atoms. The fourth-order valence-corrected chi connectivity index (χ4v) is 4.62. The van der Waals surface area contributed by atoms with Crippen LogP contribution in [0.5, 0.6) is 5.88 Å². The van der Waals surface area contributed by atoms with Crippen molar-refractivity contribution < 1.29 is 14.3 Å². The summed E-state index contributed by atoms with van der Waals surface area (Å²) in [7, 11) is 0. The van der Waals surface area contributed by atoms with E-state index in [1.165, 1.54) is 6.33 Å². The van der Waals surface area contributed by atoms with Gasteiger partial charge >= 0.3 is 0 Å². The van der Waals surface area contributed by atoms with Gasteiger partial charge in [-0.15, -0.1) is 0 Å². The number of hydrogen-bond donors (Lipinski definition) is 1. The van der Waals surface area contributed by atoms with Crippen LogP contribution in [0.2, 0.25) is 0 Å². The summed E-state index contributed by atoms with van der Waals surface area (Å²) in [5.74, 6) is 0.890. The molecule has 4 aliphatic rings. The van der Waals surface area contributed by atoms with Crippen LogP contribution in [0, 0.1) is 6.92 Å². The van der Waals surface area contributed by atoms with Gasteiger partial charge in [-0.2, -0.15) is 0 Å². The molecular formula is C19H28N4O3. The number of piperidine rings is 1. The normalized spacial score (nSPS) is 32.5. The predicted molar refractivity (Wildman–Crippen MR) is 95.9 cm³/mol. The van der Waals surface area contributed by atoms with Crippen LogP contribution in [-0.4, -0.2) is 58.7 Å². The molecule has 2 bridgehead atoms. The summed E-state index contributed by atoms with van der Waals surface area (Å²) < 4.78 is 12.1. The topological polar surface area (TPSA) is 90.6 Å². The van der Waals surface area contributed by atoms with Gasteiger partial charge in [-0.3, -0.25) is 4.79 Å². The summed E-state index contributed by atoms with van der Waals surface area (Å²) in [6, 6.07) is -0.101. The molecule has 1 amide bonds. The third-order valence-electron chi connectivity index (χ3n) is 6.12. The second-order valence-electron chi connectivity index (χ2n) is 7.73. The van der Waals surface area contributed by atoms with Gasteiger partial charge in [0.05, 0.1) is 18.8 Å². The maximum Gasteiger partial charge on any atom is 0.260 e. The molecule has 7 nitrogen and oxygen atoms in total. The number of carbonyl (C=O) groups excluding carboxylic acids is 1. The highest BCUT2D eigenvalue weighted by molar-refractivity contribution is 5.78. The summed E-state index contributed by atoms with van der Waals surface area (Å²) in [4.78, 5) is 23.4. The van der Waals surface area contributed by atoms with Gasteiger partial charge in [0.1, 0.15) is 6.33 Å². The van der Waals surface area contributed by atoms with Crippen LogP contribution in [-0.2, 0) is 9.53 Å². The Labute approximate surface area is 154 Å². The van der Waals surface area contributed by atoms with Crippen molar-refractivity contribution in [2.75, 3.05) is 19.8 Å². The number of amides is 1. The Kier molecular flexibility index (Phi) is 5.09. The van der Waals surface area contributed by atoms with Gasteiger partial charge < -0.3 is 20.1 Å². The number of rotatable bonds is 0. The molecule has 2 N–H and O–H groups in total. The Balaban J connectivity index is 1.64. The highest BCUT2D eigenvalue weighted by Gasteiger charge is 2.35. The van der Waals surface area contributed by atoms with E-state index in [0.29, 0.717) is 24.9 Å². The van der Waals surface area contributed by atoms with Crippen molar-refractivity contribution in [2.24, 2.45) is 5.73 Å². The Morgan fingerprint density at radius 3 is 2.81 bits per heavy atom. The average Bonchev–Trinajstić information content (AvgIpc) is 2.66. The van der Waals surface area contributed by atoms with E-state index in [1.807, 2.05) is 11.8 Å². The number of hydrogen-bond acceptors (Lipinski definition) is 6. The Bertz CT molecular complexity index is 660. The molecule has 0 unspecified atom stereocenters. The molecule has 1 saturated carbocycles. The van der Waals surface area contributed by atoms with Crippen molar-refractivity contribution in [3.63, 3.8) is 0 Å². The first kappa shape index (κ1) is 17.7. The summed E-state index contributed by atoms with van der Waals surface area (Å²) in [5, 5.41) is 0. The standard InChI is InChI=1S/C19H28N4O3/c1-12-18-13-4-6-14(7-5-13)25-9-16-15(20)3-2-8-23(16)17(24)10-26-19(18)22-11-21-12/h11,13-16H,2-10,20H2,1H3/t13?,14?,15-,16-/m0/s1. The molecule has 2 atom stereocenters. The van der Waals surface area contributed by atoms with Gasteiger partial charge in [-0.05, 0) is 51.4 Å². The molecule has 4 heterocycles. The number of nitrogens with two attached hydrogens (primary N) is 1. The lowest BCUT2D eigenvalue weighted by Gasteiger charge is -2.40. The van der Waals surface area contributed by atoms with Crippen molar-refractivity contribution in [2.45, 2.75) is 69.6 Å².